The van der Waals surface area contributed by atoms with Crippen molar-refractivity contribution in [2.45, 2.75) is 33.7 Å². The maximum absolute atomic E-state index is 11.2. The Morgan fingerprint density at radius 1 is 1.12 bits per heavy atom. The molecule has 0 fully saturated rings. The molecule has 2 rings (SSSR count). The molecule has 5 nitrogen and oxygen atoms in total. The van der Waals surface area contributed by atoms with Crippen molar-refractivity contribution in [3.63, 3.8) is 0 Å². The SMILES string of the molecule is Cc1ccc(Oc2ccc(N)c(C(NC(=O)O)C(C)(C)C)c2)cc1. The van der Waals surface area contributed by atoms with E-state index in [2.05, 4.69) is 5.32 Å². The van der Waals surface area contributed by atoms with Gasteiger partial charge in [-0.2, -0.15) is 0 Å². The number of nitrogens with one attached hydrogen (secondary N) is 1. The van der Waals surface area contributed by atoms with E-state index in [1.165, 1.54) is 0 Å². The number of carboxylic acid groups (broad SMARTS) is 1. The summed E-state index contributed by atoms with van der Waals surface area (Å²) in [6.07, 6.45) is -1.08. The second kappa shape index (κ2) is 6.83. The number of benzene rings is 2. The van der Waals surface area contributed by atoms with E-state index in [-0.39, 0.29) is 5.41 Å². The molecule has 0 heterocycles. The van der Waals surface area contributed by atoms with Crippen LogP contribution in [0.15, 0.2) is 42.5 Å². The first-order valence-electron chi connectivity index (χ1n) is 7.80. The minimum atomic E-state index is -1.08. The molecule has 1 amide bonds. The second-order valence-corrected chi connectivity index (χ2v) is 6.95. The molecule has 0 aliphatic heterocycles. The molecule has 24 heavy (non-hydrogen) atoms. The van der Waals surface area contributed by atoms with Crippen molar-refractivity contribution < 1.29 is 14.6 Å². The van der Waals surface area contributed by atoms with Gasteiger partial charge in [0.15, 0.2) is 0 Å². The first kappa shape index (κ1) is 17.7. The van der Waals surface area contributed by atoms with E-state index < -0.39 is 12.1 Å². The molecule has 0 saturated heterocycles. The fourth-order valence-corrected chi connectivity index (χ4v) is 2.49. The molecule has 0 aromatic heterocycles. The summed E-state index contributed by atoms with van der Waals surface area (Å²) in [5.74, 6) is 1.33. The van der Waals surface area contributed by atoms with E-state index in [9.17, 15) is 4.79 Å². The van der Waals surface area contributed by atoms with Gasteiger partial charge in [-0.05, 0) is 42.7 Å². The van der Waals surface area contributed by atoms with Crippen LogP contribution in [0.4, 0.5) is 10.5 Å². The van der Waals surface area contributed by atoms with Gasteiger partial charge in [0.2, 0.25) is 0 Å². The number of carbonyl (C=O) groups is 1. The molecule has 2 aromatic carbocycles. The summed E-state index contributed by atoms with van der Waals surface area (Å²) in [4.78, 5) is 11.2. The quantitative estimate of drug-likeness (QED) is 0.709. The molecule has 0 radical (unpaired) electrons. The van der Waals surface area contributed by atoms with Crippen molar-refractivity contribution in [3.05, 3.63) is 53.6 Å². The van der Waals surface area contributed by atoms with Crippen molar-refractivity contribution in [2.24, 2.45) is 5.41 Å². The zero-order valence-corrected chi connectivity index (χ0v) is 14.5. The summed E-state index contributed by atoms with van der Waals surface area (Å²) in [6.45, 7) is 7.89. The fourth-order valence-electron chi connectivity index (χ4n) is 2.49. The first-order chi connectivity index (χ1) is 11.2. The summed E-state index contributed by atoms with van der Waals surface area (Å²) in [7, 11) is 0. The number of hydrogen-bond acceptors (Lipinski definition) is 3. The van der Waals surface area contributed by atoms with Gasteiger partial charge in [0, 0.05) is 11.3 Å². The highest BCUT2D eigenvalue weighted by atomic mass is 16.5. The lowest BCUT2D eigenvalue weighted by Gasteiger charge is -2.32. The molecular formula is C19H24N2O3. The van der Waals surface area contributed by atoms with Crippen molar-refractivity contribution in [2.75, 3.05) is 5.73 Å². The van der Waals surface area contributed by atoms with E-state index in [1.54, 1.807) is 18.2 Å². The van der Waals surface area contributed by atoms with E-state index in [1.807, 2.05) is 52.0 Å². The van der Waals surface area contributed by atoms with Gasteiger partial charge in [0.25, 0.3) is 0 Å². The maximum atomic E-state index is 11.2. The highest BCUT2D eigenvalue weighted by Gasteiger charge is 2.29. The molecule has 2 aromatic rings. The van der Waals surface area contributed by atoms with Crippen molar-refractivity contribution in [1.82, 2.24) is 5.32 Å². The maximum Gasteiger partial charge on any atom is 0.405 e. The van der Waals surface area contributed by atoms with Crippen LogP contribution in [-0.4, -0.2) is 11.2 Å². The van der Waals surface area contributed by atoms with Gasteiger partial charge < -0.3 is 20.9 Å². The zero-order valence-electron chi connectivity index (χ0n) is 14.5. The molecule has 4 N–H and O–H groups in total. The lowest BCUT2D eigenvalue weighted by atomic mass is 9.81. The van der Waals surface area contributed by atoms with Gasteiger partial charge in [-0.15, -0.1) is 0 Å². The lowest BCUT2D eigenvalue weighted by Crippen LogP contribution is -2.36. The Morgan fingerprint density at radius 3 is 2.25 bits per heavy atom. The number of anilines is 1. The molecule has 0 aliphatic carbocycles. The molecule has 0 saturated carbocycles. The Balaban J connectivity index is 2.35. The topological polar surface area (TPSA) is 84.6 Å². The van der Waals surface area contributed by atoms with Gasteiger partial charge in [-0.3, -0.25) is 0 Å². The molecular weight excluding hydrogens is 304 g/mol. The third kappa shape index (κ3) is 4.41. The Hall–Kier alpha value is -2.69. The summed E-state index contributed by atoms with van der Waals surface area (Å²) < 4.78 is 5.87. The molecule has 0 bridgehead atoms. The van der Waals surface area contributed by atoms with Gasteiger partial charge in [0.05, 0.1) is 6.04 Å². The zero-order chi connectivity index (χ0) is 17.9. The van der Waals surface area contributed by atoms with E-state index >= 15 is 0 Å². The van der Waals surface area contributed by atoms with Gasteiger partial charge in [-0.1, -0.05) is 38.5 Å². The Labute approximate surface area is 142 Å². The third-order valence-corrected chi connectivity index (χ3v) is 3.76. The molecule has 1 atom stereocenters. The third-order valence-electron chi connectivity index (χ3n) is 3.76. The van der Waals surface area contributed by atoms with Gasteiger partial charge >= 0.3 is 6.09 Å². The standard InChI is InChI=1S/C19H24N2O3/c1-12-5-7-13(8-6-12)24-14-9-10-16(20)15(11-14)17(19(2,3)4)21-18(22)23/h5-11,17,21H,20H2,1-4H3,(H,22,23). The van der Waals surface area contributed by atoms with Crippen LogP contribution in [-0.2, 0) is 0 Å². The Bertz CT molecular complexity index is 718. The summed E-state index contributed by atoms with van der Waals surface area (Å²) in [5, 5.41) is 11.7. The minimum Gasteiger partial charge on any atom is -0.465 e. The lowest BCUT2D eigenvalue weighted by molar-refractivity contribution is 0.175. The molecule has 0 aliphatic rings. The van der Waals surface area contributed by atoms with Gasteiger partial charge in [0.1, 0.15) is 11.5 Å². The average Bonchev–Trinajstić information content (AvgIpc) is 2.48. The molecule has 1 unspecified atom stereocenters. The van der Waals surface area contributed by atoms with Crippen LogP contribution in [0.1, 0.15) is 37.9 Å². The highest BCUT2D eigenvalue weighted by Crippen LogP contribution is 2.38. The largest absolute Gasteiger partial charge is 0.465 e. The summed E-state index contributed by atoms with van der Waals surface area (Å²) >= 11 is 0. The van der Waals surface area contributed by atoms with Gasteiger partial charge in [-0.25, -0.2) is 4.79 Å². The number of hydrogen-bond donors (Lipinski definition) is 3. The summed E-state index contributed by atoms with van der Waals surface area (Å²) in [5.41, 5.74) is 8.13. The number of amides is 1. The summed E-state index contributed by atoms with van der Waals surface area (Å²) in [6, 6.07) is 12.6. The fraction of sp³-hybridized carbons (Fsp3) is 0.316. The second-order valence-electron chi connectivity index (χ2n) is 6.95. The number of nitrogens with two attached hydrogens (primary N) is 1. The Kier molecular flexibility index (Phi) is 5.02. The number of rotatable bonds is 4. The van der Waals surface area contributed by atoms with Crippen LogP contribution in [0.2, 0.25) is 0 Å². The average molecular weight is 328 g/mol. The minimum absolute atomic E-state index is 0.338. The van der Waals surface area contributed by atoms with Crippen molar-refractivity contribution in [3.8, 4) is 11.5 Å². The van der Waals surface area contributed by atoms with Crippen molar-refractivity contribution in [1.29, 1.82) is 0 Å². The van der Waals surface area contributed by atoms with Crippen LogP contribution in [0.25, 0.3) is 0 Å². The van der Waals surface area contributed by atoms with Crippen LogP contribution in [0.3, 0.4) is 0 Å². The van der Waals surface area contributed by atoms with Crippen LogP contribution >= 0.6 is 0 Å². The first-order valence-corrected chi connectivity index (χ1v) is 7.80. The van der Waals surface area contributed by atoms with Crippen LogP contribution < -0.4 is 15.8 Å². The predicted octanol–water partition coefficient (Wildman–Crippen LogP) is 4.72. The van der Waals surface area contributed by atoms with Crippen molar-refractivity contribution >= 4 is 11.8 Å². The van der Waals surface area contributed by atoms with Crippen LogP contribution in [0, 0.1) is 12.3 Å². The number of aryl methyl sites for hydroxylation is 1. The number of ether oxygens (including phenoxy) is 1. The molecule has 5 heteroatoms. The predicted molar refractivity (Wildman–Crippen MR) is 95.5 cm³/mol. The van der Waals surface area contributed by atoms with E-state index in [0.717, 1.165) is 11.3 Å². The monoisotopic (exact) mass is 328 g/mol. The Morgan fingerprint density at radius 2 is 1.71 bits per heavy atom. The normalized spacial score (nSPS) is 12.5. The highest BCUT2D eigenvalue weighted by molar-refractivity contribution is 5.66. The smallest absolute Gasteiger partial charge is 0.405 e. The molecule has 0 spiro atoms. The molecule has 128 valence electrons. The van der Waals surface area contributed by atoms with E-state index in [4.69, 9.17) is 15.6 Å². The van der Waals surface area contributed by atoms with Crippen LogP contribution in [0.5, 0.6) is 11.5 Å². The number of nitrogen functional groups attached to an aromatic ring is 1. The van der Waals surface area contributed by atoms with E-state index in [0.29, 0.717) is 17.0 Å².